The molecule has 0 aliphatic rings. The van der Waals surface area contributed by atoms with Gasteiger partial charge in [-0.3, -0.25) is 14.3 Å². The van der Waals surface area contributed by atoms with Crippen LogP contribution >= 0.6 is 0 Å². The van der Waals surface area contributed by atoms with Crippen LogP contribution in [0.1, 0.15) is 21.7 Å². The SMILES string of the molecule is Cc1nc(-n2cnc(C(=O)O)c2)[nH]c(=O)c1CCO. The summed E-state index contributed by atoms with van der Waals surface area (Å²) in [7, 11) is 0. The summed E-state index contributed by atoms with van der Waals surface area (Å²) in [4.78, 5) is 32.9. The van der Waals surface area contributed by atoms with E-state index < -0.39 is 5.97 Å². The summed E-state index contributed by atoms with van der Waals surface area (Å²) in [5, 5.41) is 17.6. The van der Waals surface area contributed by atoms with Gasteiger partial charge in [-0.15, -0.1) is 0 Å². The molecule has 0 amide bonds. The third-order valence-electron chi connectivity index (χ3n) is 2.62. The van der Waals surface area contributed by atoms with Crippen LogP contribution in [0.25, 0.3) is 5.95 Å². The van der Waals surface area contributed by atoms with E-state index in [4.69, 9.17) is 10.2 Å². The number of nitrogens with zero attached hydrogens (tertiary/aromatic N) is 3. The first-order valence-electron chi connectivity index (χ1n) is 5.51. The molecular weight excluding hydrogens is 252 g/mol. The van der Waals surface area contributed by atoms with E-state index >= 15 is 0 Å². The van der Waals surface area contributed by atoms with Crippen molar-refractivity contribution < 1.29 is 15.0 Å². The van der Waals surface area contributed by atoms with Crippen LogP contribution in [0.15, 0.2) is 17.3 Å². The maximum absolute atomic E-state index is 11.8. The number of hydrogen-bond acceptors (Lipinski definition) is 5. The minimum atomic E-state index is -1.16. The second kappa shape index (κ2) is 5.02. The molecule has 100 valence electrons. The lowest BCUT2D eigenvalue weighted by Gasteiger charge is -2.06. The first-order chi connectivity index (χ1) is 9.02. The summed E-state index contributed by atoms with van der Waals surface area (Å²) in [5.74, 6) is -0.973. The van der Waals surface area contributed by atoms with Crippen molar-refractivity contribution in [1.82, 2.24) is 19.5 Å². The third kappa shape index (κ3) is 2.52. The molecule has 0 radical (unpaired) electrons. The Labute approximate surface area is 107 Å². The molecule has 8 nitrogen and oxygen atoms in total. The first kappa shape index (κ1) is 13.0. The fourth-order valence-electron chi connectivity index (χ4n) is 1.67. The maximum atomic E-state index is 11.8. The molecule has 0 saturated heterocycles. The summed E-state index contributed by atoms with van der Waals surface area (Å²) in [5.41, 5.74) is 0.394. The van der Waals surface area contributed by atoms with Crippen molar-refractivity contribution >= 4 is 5.97 Å². The van der Waals surface area contributed by atoms with Crippen LogP contribution in [-0.2, 0) is 6.42 Å². The van der Waals surface area contributed by atoms with Crippen molar-refractivity contribution in [3.63, 3.8) is 0 Å². The van der Waals surface area contributed by atoms with Crippen LogP contribution < -0.4 is 5.56 Å². The van der Waals surface area contributed by atoms with Gasteiger partial charge in [0.15, 0.2) is 5.69 Å². The highest BCUT2D eigenvalue weighted by Crippen LogP contribution is 2.05. The first-order valence-corrected chi connectivity index (χ1v) is 5.51. The van der Waals surface area contributed by atoms with Crippen LogP contribution in [0.5, 0.6) is 0 Å². The molecule has 0 aliphatic heterocycles. The summed E-state index contributed by atoms with van der Waals surface area (Å²) in [6.07, 6.45) is 2.73. The molecule has 0 spiro atoms. The molecule has 19 heavy (non-hydrogen) atoms. The van der Waals surface area contributed by atoms with Crippen molar-refractivity contribution in [3.8, 4) is 5.95 Å². The second-order valence-electron chi connectivity index (χ2n) is 3.90. The highest BCUT2D eigenvalue weighted by Gasteiger charge is 2.11. The van der Waals surface area contributed by atoms with Crippen LogP contribution in [0.3, 0.4) is 0 Å². The van der Waals surface area contributed by atoms with Crippen LogP contribution in [0.2, 0.25) is 0 Å². The number of carbonyl (C=O) groups is 1. The number of rotatable bonds is 4. The topological polar surface area (TPSA) is 121 Å². The molecule has 8 heteroatoms. The number of aromatic amines is 1. The highest BCUT2D eigenvalue weighted by atomic mass is 16.4. The minimum absolute atomic E-state index is 0.139. The normalized spacial score (nSPS) is 10.6. The molecule has 0 saturated carbocycles. The fourth-order valence-corrected chi connectivity index (χ4v) is 1.67. The van der Waals surface area contributed by atoms with E-state index in [2.05, 4.69) is 15.0 Å². The van der Waals surface area contributed by atoms with Gasteiger partial charge in [0, 0.05) is 24.8 Å². The monoisotopic (exact) mass is 264 g/mol. The van der Waals surface area contributed by atoms with E-state index in [0.717, 1.165) is 0 Å². The Kier molecular flexibility index (Phi) is 3.43. The van der Waals surface area contributed by atoms with E-state index in [9.17, 15) is 9.59 Å². The van der Waals surface area contributed by atoms with Gasteiger partial charge >= 0.3 is 5.97 Å². The minimum Gasteiger partial charge on any atom is -0.476 e. The number of H-pyrrole nitrogens is 1. The lowest BCUT2D eigenvalue weighted by Crippen LogP contribution is -2.20. The van der Waals surface area contributed by atoms with Crippen LogP contribution in [0.4, 0.5) is 0 Å². The number of carboxylic acid groups (broad SMARTS) is 1. The standard InChI is InChI=1S/C11H12N4O4/c1-6-7(2-3-16)9(17)14-11(13-6)15-4-8(10(18)19)12-5-15/h4-5,16H,2-3H2,1H3,(H,18,19)(H,13,14,17). The largest absolute Gasteiger partial charge is 0.476 e. The predicted molar refractivity (Wildman–Crippen MR) is 64.5 cm³/mol. The summed E-state index contributed by atoms with van der Waals surface area (Å²) in [6.45, 7) is 1.51. The number of nitrogens with one attached hydrogen (secondary N) is 1. The van der Waals surface area contributed by atoms with E-state index in [0.29, 0.717) is 11.3 Å². The molecule has 2 rings (SSSR count). The average Bonchev–Trinajstić information content (AvgIpc) is 2.83. The Morgan fingerprint density at radius 1 is 1.53 bits per heavy atom. The Bertz CT molecular complexity index is 674. The molecule has 0 unspecified atom stereocenters. The quantitative estimate of drug-likeness (QED) is 0.684. The number of aliphatic hydroxyl groups excluding tert-OH is 1. The lowest BCUT2D eigenvalue weighted by atomic mass is 10.2. The van der Waals surface area contributed by atoms with Crippen molar-refractivity contribution in [1.29, 1.82) is 0 Å². The zero-order valence-corrected chi connectivity index (χ0v) is 10.1. The van der Waals surface area contributed by atoms with Gasteiger partial charge in [0.05, 0.1) is 5.69 Å². The van der Waals surface area contributed by atoms with Gasteiger partial charge < -0.3 is 10.2 Å². The van der Waals surface area contributed by atoms with Gasteiger partial charge in [-0.1, -0.05) is 0 Å². The number of aliphatic hydroxyl groups is 1. The maximum Gasteiger partial charge on any atom is 0.356 e. The molecule has 2 aromatic heterocycles. The van der Waals surface area contributed by atoms with Gasteiger partial charge in [-0.2, -0.15) is 0 Å². The Hall–Kier alpha value is -2.48. The number of aryl methyl sites for hydroxylation is 1. The van der Waals surface area contributed by atoms with E-state index in [1.165, 1.54) is 17.1 Å². The van der Waals surface area contributed by atoms with Crippen molar-refractivity contribution in [2.45, 2.75) is 13.3 Å². The molecular formula is C11H12N4O4. The molecule has 3 N–H and O–H groups in total. The van der Waals surface area contributed by atoms with Gasteiger partial charge in [-0.05, 0) is 6.92 Å². The van der Waals surface area contributed by atoms with Gasteiger partial charge in [-0.25, -0.2) is 14.8 Å². The van der Waals surface area contributed by atoms with Crippen LogP contribution in [-0.4, -0.2) is 42.3 Å². The molecule has 0 aromatic carbocycles. The molecule has 2 heterocycles. The van der Waals surface area contributed by atoms with E-state index in [1.54, 1.807) is 6.92 Å². The lowest BCUT2D eigenvalue weighted by molar-refractivity contribution is 0.0691. The van der Waals surface area contributed by atoms with Crippen molar-refractivity contribution in [3.05, 3.63) is 39.8 Å². The Balaban J connectivity index is 2.46. The van der Waals surface area contributed by atoms with Gasteiger partial charge in [0.25, 0.3) is 5.56 Å². The number of aromatic carboxylic acids is 1. The van der Waals surface area contributed by atoms with Crippen molar-refractivity contribution in [2.75, 3.05) is 6.61 Å². The zero-order chi connectivity index (χ0) is 14.0. The van der Waals surface area contributed by atoms with Gasteiger partial charge in [0.2, 0.25) is 5.95 Å². The second-order valence-corrected chi connectivity index (χ2v) is 3.90. The molecule has 2 aromatic rings. The number of hydrogen-bond donors (Lipinski definition) is 3. The Morgan fingerprint density at radius 2 is 2.26 bits per heavy atom. The summed E-state index contributed by atoms with van der Waals surface area (Å²) < 4.78 is 1.32. The van der Waals surface area contributed by atoms with E-state index in [1.807, 2.05) is 0 Å². The summed E-state index contributed by atoms with van der Waals surface area (Å²) in [6, 6.07) is 0. The van der Waals surface area contributed by atoms with Crippen molar-refractivity contribution in [2.24, 2.45) is 0 Å². The fraction of sp³-hybridized carbons (Fsp3) is 0.273. The van der Waals surface area contributed by atoms with Gasteiger partial charge in [0.1, 0.15) is 6.33 Å². The highest BCUT2D eigenvalue weighted by molar-refractivity contribution is 5.85. The smallest absolute Gasteiger partial charge is 0.356 e. The molecule has 0 atom stereocenters. The number of carboxylic acids is 1. The predicted octanol–water partition coefficient (Wildman–Crippen LogP) is -0.503. The molecule has 0 fully saturated rings. The summed E-state index contributed by atoms with van der Waals surface area (Å²) >= 11 is 0. The zero-order valence-electron chi connectivity index (χ0n) is 10.1. The molecule has 0 bridgehead atoms. The third-order valence-corrected chi connectivity index (χ3v) is 2.62. The number of imidazole rings is 1. The van der Waals surface area contributed by atoms with Crippen LogP contribution in [0, 0.1) is 6.92 Å². The average molecular weight is 264 g/mol. The van der Waals surface area contributed by atoms with E-state index in [-0.39, 0.29) is 30.2 Å². The number of aromatic nitrogens is 4. The Morgan fingerprint density at radius 3 is 2.79 bits per heavy atom. The molecule has 0 aliphatic carbocycles.